The summed E-state index contributed by atoms with van der Waals surface area (Å²) in [4.78, 5) is 2.44. The molecule has 1 aliphatic carbocycles. The van der Waals surface area contributed by atoms with Crippen LogP contribution >= 0.6 is 0 Å². The van der Waals surface area contributed by atoms with Crippen molar-refractivity contribution in [2.45, 2.75) is 58.8 Å². The van der Waals surface area contributed by atoms with Gasteiger partial charge in [0.05, 0.1) is 0 Å². The third-order valence-corrected chi connectivity index (χ3v) is 4.26. The summed E-state index contributed by atoms with van der Waals surface area (Å²) in [5, 5.41) is 3.58. The summed E-state index contributed by atoms with van der Waals surface area (Å²) >= 11 is 0. The highest BCUT2D eigenvalue weighted by Gasteiger charge is 2.20. The normalized spacial score (nSPS) is 17.2. The van der Waals surface area contributed by atoms with Crippen molar-refractivity contribution in [3.63, 3.8) is 0 Å². The van der Waals surface area contributed by atoms with Crippen LogP contribution in [-0.2, 0) is 13.1 Å². The zero-order valence-corrected chi connectivity index (χ0v) is 12.8. The van der Waals surface area contributed by atoms with Crippen molar-refractivity contribution in [1.82, 2.24) is 10.2 Å². The molecule has 1 unspecified atom stereocenters. The predicted molar refractivity (Wildman–Crippen MR) is 82.1 cm³/mol. The van der Waals surface area contributed by atoms with E-state index in [-0.39, 0.29) is 0 Å². The summed E-state index contributed by atoms with van der Waals surface area (Å²) in [5.41, 5.74) is 2.83. The fraction of sp³-hybridized carbons (Fsp3) is 0.647. The molecule has 1 atom stereocenters. The Morgan fingerprint density at radius 3 is 2.53 bits per heavy atom. The van der Waals surface area contributed by atoms with E-state index < -0.39 is 0 Å². The minimum absolute atomic E-state index is 0.619. The van der Waals surface area contributed by atoms with Gasteiger partial charge in [-0.05, 0) is 43.9 Å². The van der Waals surface area contributed by atoms with E-state index in [9.17, 15) is 0 Å². The first-order chi connectivity index (χ1) is 9.06. The summed E-state index contributed by atoms with van der Waals surface area (Å²) in [5.74, 6) is 0.699. The maximum Gasteiger partial charge on any atom is 0.0233 e. The third kappa shape index (κ3) is 4.63. The largest absolute Gasteiger partial charge is 0.310 e. The van der Waals surface area contributed by atoms with Crippen LogP contribution in [0.3, 0.4) is 0 Å². The van der Waals surface area contributed by atoms with Crippen molar-refractivity contribution in [2.24, 2.45) is 5.92 Å². The van der Waals surface area contributed by atoms with Crippen LogP contribution in [-0.4, -0.2) is 24.0 Å². The van der Waals surface area contributed by atoms with Crippen molar-refractivity contribution in [2.75, 3.05) is 7.05 Å². The zero-order chi connectivity index (χ0) is 13.8. The van der Waals surface area contributed by atoms with Crippen molar-refractivity contribution in [3.8, 4) is 0 Å². The molecular weight excluding hydrogens is 232 g/mol. The van der Waals surface area contributed by atoms with Gasteiger partial charge >= 0.3 is 0 Å². The number of rotatable bonds is 7. The Morgan fingerprint density at radius 2 is 1.89 bits per heavy atom. The Morgan fingerprint density at radius 1 is 1.21 bits per heavy atom. The molecule has 19 heavy (non-hydrogen) atoms. The van der Waals surface area contributed by atoms with Crippen LogP contribution in [0.25, 0.3) is 0 Å². The molecule has 2 heteroatoms. The van der Waals surface area contributed by atoms with Gasteiger partial charge in [-0.15, -0.1) is 0 Å². The van der Waals surface area contributed by atoms with Gasteiger partial charge in [0.15, 0.2) is 0 Å². The molecule has 106 valence electrons. The SMILES string of the molecule is CC(C)C(C)N(C)Cc1cccc(CNC2CC2)c1. The second kappa shape index (κ2) is 6.53. The monoisotopic (exact) mass is 260 g/mol. The van der Waals surface area contributed by atoms with Gasteiger partial charge in [-0.3, -0.25) is 4.90 Å². The first-order valence-corrected chi connectivity index (χ1v) is 7.57. The number of nitrogens with one attached hydrogen (secondary N) is 1. The van der Waals surface area contributed by atoms with Gasteiger partial charge in [-0.25, -0.2) is 0 Å². The molecule has 0 aliphatic heterocycles. The van der Waals surface area contributed by atoms with E-state index in [1.165, 1.54) is 24.0 Å². The Bertz CT molecular complexity index is 396. The standard InChI is InChI=1S/C17H28N2/c1-13(2)14(3)19(4)12-16-7-5-6-15(10-16)11-18-17-8-9-17/h5-7,10,13-14,17-18H,8-9,11-12H2,1-4H3. The Kier molecular flexibility index (Phi) is 5.00. The van der Waals surface area contributed by atoms with Crippen LogP contribution in [0.1, 0.15) is 44.7 Å². The molecule has 0 bridgehead atoms. The Labute approximate surface area is 118 Å². The van der Waals surface area contributed by atoms with E-state index in [1.54, 1.807) is 0 Å². The lowest BCUT2D eigenvalue weighted by molar-refractivity contribution is 0.200. The molecule has 0 saturated heterocycles. The number of hydrogen-bond acceptors (Lipinski definition) is 2. The summed E-state index contributed by atoms with van der Waals surface area (Å²) in [6.45, 7) is 8.94. The highest BCUT2D eigenvalue weighted by atomic mass is 15.1. The van der Waals surface area contributed by atoms with E-state index in [0.29, 0.717) is 12.0 Å². The predicted octanol–water partition coefficient (Wildman–Crippen LogP) is 3.41. The Balaban J connectivity index is 1.89. The molecule has 0 heterocycles. The smallest absolute Gasteiger partial charge is 0.0233 e. The average Bonchev–Trinajstić information content (AvgIpc) is 3.19. The van der Waals surface area contributed by atoms with Gasteiger partial charge in [-0.2, -0.15) is 0 Å². The van der Waals surface area contributed by atoms with Crippen molar-refractivity contribution >= 4 is 0 Å². The maximum absolute atomic E-state index is 3.58. The molecule has 2 rings (SSSR count). The lowest BCUT2D eigenvalue weighted by Crippen LogP contribution is -2.32. The third-order valence-electron chi connectivity index (χ3n) is 4.26. The van der Waals surface area contributed by atoms with Crippen LogP contribution in [0.4, 0.5) is 0 Å². The van der Waals surface area contributed by atoms with Gasteiger partial charge in [0.25, 0.3) is 0 Å². The number of benzene rings is 1. The quantitative estimate of drug-likeness (QED) is 0.808. The molecule has 1 aromatic carbocycles. The van der Waals surface area contributed by atoms with Crippen LogP contribution in [0, 0.1) is 5.92 Å². The van der Waals surface area contributed by atoms with Crippen LogP contribution in [0.2, 0.25) is 0 Å². The van der Waals surface area contributed by atoms with E-state index >= 15 is 0 Å². The lowest BCUT2D eigenvalue weighted by atomic mass is 10.0. The summed E-state index contributed by atoms with van der Waals surface area (Å²) in [6.07, 6.45) is 2.71. The van der Waals surface area contributed by atoms with Crippen LogP contribution in [0.15, 0.2) is 24.3 Å². The van der Waals surface area contributed by atoms with Gasteiger partial charge in [0, 0.05) is 25.2 Å². The van der Waals surface area contributed by atoms with E-state index in [1.807, 2.05) is 0 Å². The highest BCUT2D eigenvalue weighted by molar-refractivity contribution is 5.23. The molecule has 0 spiro atoms. The fourth-order valence-electron chi connectivity index (χ4n) is 2.33. The number of nitrogens with zero attached hydrogens (tertiary/aromatic N) is 1. The summed E-state index contributed by atoms with van der Waals surface area (Å²) in [6, 6.07) is 10.4. The average molecular weight is 260 g/mol. The molecule has 0 radical (unpaired) electrons. The molecule has 2 nitrogen and oxygen atoms in total. The molecule has 1 saturated carbocycles. The fourth-order valence-corrected chi connectivity index (χ4v) is 2.33. The molecule has 1 aliphatic rings. The van der Waals surface area contributed by atoms with Gasteiger partial charge in [0.1, 0.15) is 0 Å². The molecule has 0 aromatic heterocycles. The summed E-state index contributed by atoms with van der Waals surface area (Å²) < 4.78 is 0. The molecule has 1 N–H and O–H groups in total. The lowest BCUT2D eigenvalue weighted by Gasteiger charge is -2.28. The summed E-state index contributed by atoms with van der Waals surface area (Å²) in [7, 11) is 2.22. The van der Waals surface area contributed by atoms with Crippen molar-refractivity contribution < 1.29 is 0 Å². The Hall–Kier alpha value is -0.860. The number of hydrogen-bond donors (Lipinski definition) is 1. The van der Waals surface area contributed by atoms with Gasteiger partial charge < -0.3 is 5.32 Å². The zero-order valence-electron chi connectivity index (χ0n) is 12.8. The van der Waals surface area contributed by atoms with E-state index in [2.05, 4.69) is 62.3 Å². The van der Waals surface area contributed by atoms with Crippen molar-refractivity contribution in [1.29, 1.82) is 0 Å². The van der Waals surface area contributed by atoms with Crippen LogP contribution < -0.4 is 5.32 Å². The first-order valence-electron chi connectivity index (χ1n) is 7.57. The van der Waals surface area contributed by atoms with Crippen molar-refractivity contribution in [3.05, 3.63) is 35.4 Å². The molecule has 1 aromatic rings. The molecule has 0 amide bonds. The van der Waals surface area contributed by atoms with Gasteiger partial charge in [0.2, 0.25) is 0 Å². The second-order valence-corrected chi connectivity index (χ2v) is 6.37. The topological polar surface area (TPSA) is 15.3 Å². The highest BCUT2D eigenvalue weighted by Crippen LogP contribution is 2.19. The second-order valence-electron chi connectivity index (χ2n) is 6.37. The molecule has 1 fully saturated rings. The maximum atomic E-state index is 3.58. The van der Waals surface area contributed by atoms with E-state index in [0.717, 1.165) is 19.1 Å². The minimum atomic E-state index is 0.619. The first kappa shape index (κ1) is 14.5. The van der Waals surface area contributed by atoms with Crippen LogP contribution in [0.5, 0.6) is 0 Å². The van der Waals surface area contributed by atoms with E-state index in [4.69, 9.17) is 0 Å². The van der Waals surface area contributed by atoms with Gasteiger partial charge in [-0.1, -0.05) is 38.1 Å². The molecular formula is C17H28N2. The minimum Gasteiger partial charge on any atom is -0.310 e.